The molecule has 0 aliphatic carbocycles. The lowest BCUT2D eigenvalue weighted by Gasteiger charge is -2.12. The second-order valence-corrected chi connectivity index (χ2v) is 5.72. The van der Waals surface area contributed by atoms with Crippen molar-refractivity contribution in [2.45, 2.75) is 13.5 Å². The molecule has 0 fully saturated rings. The highest BCUT2D eigenvalue weighted by Gasteiger charge is 2.10. The van der Waals surface area contributed by atoms with Crippen molar-refractivity contribution < 1.29 is 4.79 Å². The van der Waals surface area contributed by atoms with E-state index in [0.29, 0.717) is 18.0 Å². The molecule has 0 aliphatic rings. The van der Waals surface area contributed by atoms with Crippen LogP contribution >= 0.6 is 35.3 Å². The summed E-state index contributed by atoms with van der Waals surface area (Å²) in [6, 6.07) is 4.00. The lowest BCUT2D eigenvalue weighted by molar-refractivity contribution is 0.0957. The summed E-state index contributed by atoms with van der Waals surface area (Å²) in [7, 11) is 1.73. The normalized spacial score (nSPS) is 10.8. The number of guanidine groups is 1. The molecule has 0 bridgehead atoms. The topological polar surface area (TPSA) is 83.3 Å². The summed E-state index contributed by atoms with van der Waals surface area (Å²) in [5, 5.41) is 9.26. The number of aryl methyl sites for hydroxylation is 1. The van der Waals surface area contributed by atoms with E-state index in [-0.39, 0.29) is 29.9 Å². The summed E-state index contributed by atoms with van der Waals surface area (Å²) >= 11 is 1.35. The van der Waals surface area contributed by atoms with Crippen molar-refractivity contribution in [3.8, 4) is 0 Å². The monoisotopic (exact) mass is 462 g/mol. The number of aliphatic imine (C=N–C) groups is 1. The Labute approximate surface area is 163 Å². The number of halogens is 1. The standard InChI is InChI=1S/C15H22N6OS.HI/c1-12-13(23-11-20-12)14(22)17-5-6-18-15(16-2)19-7-10-21-8-3-4-9-21;/h3-4,8-9,11H,5-7,10H2,1-2H3,(H,17,22)(H2,16,18,19);1H. The van der Waals surface area contributed by atoms with Crippen LogP contribution in [0.1, 0.15) is 15.4 Å². The first-order valence-electron chi connectivity index (χ1n) is 7.44. The molecule has 0 unspecified atom stereocenters. The molecule has 0 aliphatic heterocycles. The smallest absolute Gasteiger partial charge is 0.263 e. The zero-order valence-electron chi connectivity index (χ0n) is 13.8. The van der Waals surface area contributed by atoms with Gasteiger partial charge in [0.2, 0.25) is 0 Å². The Kier molecular flexibility index (Phi) is 9.38. The summed E-state index contributed by atoms with van der Waals surface area (Å²) in [6.45, 7) is 4.61. The molecule has 2 aromatic rings. The van der Waals surface area contributed by atoms with Crippen molar-refractivity contribution in [1.29, 1.82) is 0 Å². The highest BCUT2D eigenvalue weighted by Crippen LogP contribution is 2.10. The van der Waals surface area contributed by atoms with Gasteiger partial charge in [-0.15, -0.1) is 35.3 Å². The van der Waals surface area contributed by atoms with E-state index in [9.17, 15) is 4.79 Å². The Morgan fingerprint density at radius 1 is 1.21 bits per heavy atom. The fourth-order valence-corrected chi connectivity index (χ4v) is 2.72. The number of rotatable bonds is 7. The third kappa shape index (κ3) is 6.48. The number of carbonyl (C=O) groups is 1. The third-order valence-corrected chi connectivity index (χ3v) is 4.13. The first-order chi connectivity index (χ1) is 11.2. The molecule has 0 saturated heterocycles. The van der Waals surface area contributed by atoms with Gasteiger partial charge in [0.05, 0.1) is 11.2 Å². The summed E-state index contributed by atoms with van der Waals surface area (Å²) in [6.07, 6.45) is 4.05. The van der Waals surface area contributed by atoms with Crippen molar-refractivity contribution in [2.24, 2.45) is 4.99 Å². The first kappa shape index (κ1) is 20.4. The molecule has 0 radical (unpaired) electrons. The molecule has 7 nitrogen and oxygen atoms in total. The highest BCUT2D eigenvalue weighted by atomic mass is 127. The van der Waals surface area contributed by atoms with Gasteiger partial charge in [-0.05, 0) is 19.1 Å². The number of hydrogen-bond acceptors (Lipinski definition) is 4. The molecule has 0 spiro atoms. The predicted molar refractivity (Wildman–Crippen MR) is 108 cm³/mol. The van der Waals surface area contributed by atoms with Crippen LogP contribution in [0.25, 0.3) is 0 Å². The summed E-state index contributed by atoms with van der Waals surface area (Å²) < 4.78 is 2.10. The van der Waals surface area contributed by atoms with Gasteiger partial charge >= 0.3 is 0 Å². The molecule has 2 heterocycles. The van der Waals surface area contributed by atoms with E-state index in [1.54, 1.807) is 12.6 Å². The fourth-order valence-electron chi connectivity index (χ4n) is 2.00. The molecule has 3 N–H and O–H groups in total. The van der Waals surface area contributed by atoms with Crippen LogP contribution in [0.2, 0.25) is 0 Å². The molecule has 9 heteroatoms. The van der Waals surface area contributed by atoms with Crippen molar-refractivity contribution in [2.75, 3.05) is 26.7 Å². The minimum atomic E-state index is -0.0812. The number of hydrogen-bond donors (Lipinski definition) is 3. The minimum Gasteiger partial charge on any atom is -0.355 e. The van der Waals surface area contributed by atoms with Crippen molar-refractivity contribution in [3.05, 3.63) is 40.6 Å². The predicted octanol–water partition coefficient (Wildman–Crippen LogP) is 1.47. The quantitative estimate of drug-likeness (QED) is 0.252. The van der Waals surface area contributed by atoms with Gasteiger partial charge in [-0.2, -0.15) is 0 Å². The fraction of sp³-hybridized carbons (Fsp3) is 0.400. The van der Waals surface area contributed by atoms with Gasteiger partial charge in [0.15, 0.2) is 5.96 Å². The van der Waals surface area contributed by atoms with E-state index in [0.717, 1.165) is 24.7 Å². The second kappa shape index (κ2) is 11.0. The van der Waals surface area contributed by atoms with Gasteiger partial charge in [0.1, 0.15) is 4.88 Å². The lowest BCUT2D eigenvalue weighted by atomic mass is 10.4. The Hall–Kier alpha value is -1.62. The van der Waals surface area contributed by atoms with Gasteiger partial charge in [-0.25, -0.2) is 4.98 Å². The van der Waals surface area contributed by atoms with Gasteiger partial charge in [0, 0.05) is 45.6 Å². The summed E-state index contributed by atoms with van der Waals surface area (Å²) in [4.78, 5) is 20.8. The molecule has 2 aromatic heterocycles. The van der Waals surface area contributed by atoms with Crippen LogP contribution in [0.3, 0.4) is 0 Å². The molecule has 0 aromatic carbocycles. The largest absolute Gasteiger partial charge is 0.355 e. The number of thiazole rings is 1. The highest BCUT2D eigenvalue weighted by molar-refractivity contribution is 14.0. The zero-order chi connectivity index (χ0) is 16.5. The lowest BCUT2D eigenvalue weighted by Crippen LogP contribution is -2.42. The van der Waals surface area contributed by atoms with Crippen molar-refractivity contribution in [1.82, 2.24) is 25.5 Å². The Bertz CT molecular complexity index is 640. The maximum atomic E-state index is 11.9. The van der Waals surface area contributed by atoms with Crippen molar-refractivity contribution >= 4 is 47.2 Å². The maximum Gasteiger partial charge on any atom is 0.263 e. The van der Waals surface area contributed by atoms with Crippen LogP contribution in [0.4, 0.5) is 0 Å². The van der Waals surface area contributed by atoms with Gasteiger partial charge in [-0.1, -0.05) is 0 Å². The maximum absolute atomic E-state index is 11.9. The van der Waals surface area contributed by atoms with E-state index < -0.39 is 0 Å². The van der Waals surface area contributed by atoms with Crippen LogP contribution in [0.5, 0.6) is 0 Å². The van der Waals surface area contributed by atoms with Gasteiger partial charge in [-0.3, -0.25) is 9.79 Å². The van der Waals surface area contributed by atoms with E-state index in [2.05, 4.69) is 30.5 Å². The molecule has 24 heavy (non-hydrogen) atoms. The number of aromatic nitrogens is 2. The van der Waals surface area contributed by atoms with Gasteiger partial charge in [0.25, 0.3) is 5.91 Å². The van der Waals surface area contributed by atoms with E-state index >= 15 is 0 Å². The van der Waals surface area contributed by atoms with Crippen LogP contribution in [0, 0.1) is 6.92 Å². The molecule has 0 atom stereocenters. The number of nitrogens with zero attached hydrogens (tertiary/aromatic N) is 3. The van der Waals surface area contributed by atoms with Crippen LogP contribution < -0.4 is 16.0 Å². The molecule has 1 amide bonds. The molecule has 0 saturated carbocycles. The molecule has 132 valence electrons. The Morgan fingerprint density at radius 2 is 1.88 bits per heavy atom. The van der Waals surface area contributed by atoms with Crippen LogP contribution in [-0.4, -0.2) is 48.1 Å². The number of nitrogens with one attached hydrogen (secondary N) is 3. The average molecular weight is 462 g/mol. The zero-order valence-corrected chi connectivity index (χ0v) is 16.9. The van der Waals surface area contributed by atoms with Crippen molar-refractivity contribution in [3.63, 3.8) is 0 Å². The minimum absolute atomic E-state index is 0. The van der Waals surface area contributed by atoms with E-state index in [1.165, 1.54) is 11.3 Å². The van der Waals surface area contributed by atoms with Crippen LogP contribution in [-0.2, 0) is 6.54 Å². The number of amides is 1. The van der Waals surface area contributed by atoms with E-state index in [4.69, 9.17) is 0 Å². The van der Waals surface area contributed by atoms with E-state index in [1.807, 2.05) is 31.5 Å². The molecular weight excluding hydrogens is 439 g/mol. The van der Waals surface area contributed by atoms with Gasteiger partial charge < -0.3 is 20.5 Å². The molecule has 2 rings (SSSR count). The number of carbonyl (C=O) groups excluding carboxylic acids is 1. The summed E-state index contributed by atoms with van der Waals surface area (Å²) in [5.41, 5.74) is 2.45. The first-order valence-corrected chi connectivity index (χ1v) is 8.32. The Balaban J connectivity index is 0.00000288. The third-order valence-electron chi connectivity index (χ3n) is 3.21. The van der Waals surface area contributed by atoms with Crippen LogP contribution in [0.15, 0.2) is 35.0 Å². The second-order valence-electron chi connectivity index (χ2n) is 4.87. The summed E-state index contributed by atoms with van der Waals surface area (Å²) in [5.74, 6) is 0.641. The molecular formula is C15H23IN6OS. The average Bonchev–Trinajstić information content (AvgIpc) is 3.21. The SMILES string of the molecule is CN=C(NCCNC(=O)c1scnc1C)NCCn1cccc1.I. The Morgan fingerprint density at radius 3 is 2.50 bits per heavy atom.